The first-order chi connectivity index (χ1) is 8.58. The van der Waals surface area contributed by atoms with Gasteiger partial charge < -0.3 is 9.84 Å². The van der Waals surface area contributed by atoms with Crippen LogP contribution in [0.4, 0.5) is 4.39 Å². The molecule has 0 aliphatic heterocycles. The van der Waals surface area contributed by atoms with Gasteiger partial charge in [-0.1, -0.05) is 12.1 Å². The number of halogens is 1. The zero-order valence-corrected chi connectivity index (χ0v) is 10.5. The van der Waals surface area contributed by atoms with Gasteiger partial charge in [0, 0.05) is 4.88 Å². The van der Waals surface area contributed by atoms with Crippen LogP contribution in [0.5, 0.6) is 5.75 Å². The molecule has 1 aromatic heterocycles. The zero-order chi connectivity index (χ0) is 13.1. The minimum absolute atomic E-state index is 0.165. The minimum atomic E-state index is -0.965. The fourth-order valence-electron chi connectivity index (χ4n) is 1.45. The van der Waals surface area contributed by atoms with Crippen molar-refractivity contribution in [2.45, 2.75) is 13.5 Å². The number of rotatable bonds is 4. The van der Waals surface area contributed by atoms with Gasteiger partial charge in [0.05, 0.1) is 0 Å². The Bertz CT molecular complexity index is 577. The van der Waals surface area contributed by atoms with Crippen LogP contribution in [-0.2, 0) is 6.61 Å². The molecule has 0 amide bonds. The molecule has 2 aromatic rings. The van der Waals surface area contributed by atoms with Crippen LogP contribution in [0.1, 0.15) is 20.1 Å². The van der Waals surface area contributed by atoms with Crippen LogP contribution >= 0.6 is 11.3 Å². The molecule has 0 radical (unpaired) electrons. The summed E-state index contributed by atoms with van der Waals surface area (Å²) in [5.74, 6) is -1.17. The van der Waals surface area contributed by atoms with Crippen molar-refractivity contribution in [3.8, 4) is 5.75 Å². The average molecular weight is 266 g/mol. The summed E-state index contributed by atoms with van der Waals surface area (Å²) in [6.45, 7) is 1.83. The van der Waals surface area contributed by atoms with E-state index in [-0.39, 0.29) is 23.1 Å². The molecular weight excluding hydrogens is 255 g/mol. The number of hydrogen-bond donors (Lipinski definition) is 1. The molecule has 0 aliphatic carbocycles. The summed E-state index contributed by atoms with van der Waals surface area (Å²) in [5.41, 5.74) is 0.518. The van der Waals surface area contributed by atoms with Crippen LogP contribution in [-0.4, -0.2) is 11.1 Å². The van der Waals surface area contributed by atoms with Gasteiger partial charge in [-0.05, 0) is 30.7 Å². The molecule has 0 bridgehead atoms. The molecule has 1 aromatic carbocycles. The lowest BCUT2D eigenvalue weighted by molar-refractivity contribution is 0.0702. The van der Waals surface area contributed by atoms with Gasteiger partial charge in [-0.15, -0.1) is 11.3 Å². The van der Waals surface area contributed by atoms with Gasteiger partial charge in [0.2, 0.25) is 0 Å². The monoisotopic (exact) mass is 266 g/mol. The van der Waals surface area contributed by atoms with E-state index >= 15 is 0 Å². The Hall–Kier alpha value is -1.88. The van der Waals surface area contributed by atoms with Gasteiger partial charge in [-0.2, -0.15) is 0 Å². The molecule has 5 heteroatoms. The molecule has 18 heavy (non-hydrogen) atoms. The van der Waals surface area contributed by atoms with Crippen LogP contribution in [0.2, 0.25) is 0 Å². The summed E-state index contributed by atoms with van der Waals surface area (Å²) >= 11 is 1.12. The first kappa shape index (κ1) is 12.6. The maximum Gasteiger partial charge on any atom is 0.345 e. The van der Waals surface area contributed by atoms with Crippen molar-refractivity contribution < 1.29 is 19.0 Å². The van der Waals surface area contributed by atoms with Gasteiger partial charge in [0.1, 0.15) is 11.5 Å². The first-order valence-electron chi connectivity index (χ1n) is 5.28. The number of benzene rings is 1. The molecule has 94 valence electrons. The third kappa shape index (κ3) is 2.68. The minimum Gasteiger partial charge on any atom is -0.485 e. The van der Waals surface area contributed by atoms with Crippen molar-refractivity contribution in [2.24, 2.45) is 0 Å². The molecule has 0 aliphatic rings. The van der Waals surface area contributed by atoms with Crippen LogP contribution in [0, 0.1) is 12.7 Å². The molecule has 0 atom stereocenters. The number of hydrogen-bond acceptors (Lipinski definition) is 3. The SMILES string of the molecule is Cc1cccc(OCc2ccc(C(=O)O)s2)c1F. The second kappa shape index (κ2) is 5.18. The van der Waals surface area contributed by atoms with E-state index in [0.717, 1.165) is 16.2 Å². The predicted molar refractivity (Wildman–Crippen MR) is 66.7 cm³/mol. The first-order valence-corrected chi connectivity index (χ1v) is 6.09. The van der Waals surface area contributed by atoms with Crippen molar-refractivity contribution in [1.29, 1.82) is 0 Å². The molecule has 1 heterocycles. The highest BCUT2D eigenvalue weighted by molar-refractivity contribution is 7.13. The molecule has 0 saturated carbocycles. The van der Waals surface area contributed by atoms with Crippen LogP contribution in [0.3, 0.4) is 0 Å². The van der Waals surface area contributed by atoms with Crippen LogP contribution in [0.25, 0.3) is 0 Å². The quantitative estimate of drug-likeness (QED) is 0.921. The molecule has 0 saturated heterocycles. The molecule has 2 rings (SSSR count). The molecule has 0 spiro atoms. The van der Waals surface area contributed by atoms with Crippen LogP contribution in [0.15, 0.2) is 30.3 Å². The van der Waals surface area contributed by atoms with E-state index in [0.29, 0.717) is 5.56 Å². The van der Waals surface area contributed by atoms with E-state index in [1.54, 1.807) is 31.2 Å². The van der Waals surface area contributed by atoms with E-state index in [1.807, 2.05) is 0 Å². The number of aryl methyl sites for hydroxylation is 1. The molecule has 0 unspecified atom stereocenters. The molecule has 1 N–H and O–H groups in total. The lowest BCUT2D eigenvalue weighted by Crippen LogP contribution is -1.96. The lowest BCUT2D eigenvalue weighted by atomic mass is 10.2. The third-order valence-electron chi connectivity index (χ3n) is 2.40. The molecular formula is C13H11FO3S. The van der Waals surface area contributed by atoms with E-state index < -0.39 is 5.97 Å². The summed E-state index contributed by atoms with van der Waals surface area (Å²) in [7, 11) is 0. The fourth-order valence-corrected chi connectivity index (χ4v) is 2.21. The number of carboxylic acids is 1. The fraction of sp³-hybridized carbons (Fsp3) is 0.154. The summed E-state index contributed by atoms with van der Waals surface area (Å²) in [6, 6.07) is 8.11. The van der Waals surface area contributed by atoms with E-state index in [9.17, 15) is 9.18 Å². The standard InChI is InChI=1S/C13H11FO3S/c1-8-3-2-4-10(12(8)14)17-7-9-5-6-11(18-9)13(15)16/h2-6H,7H2,1H3,(H,15,16). The normalized spacial score (nSPS) is 10.3. The Labute approximate surface area is 107 Å². The zero-order valence-electron chi connectivity index (χ0n) is 9.64. The number of aromatic carboxylic acids is 1. The predicted octanol–water partition coefficient (Wildman–Crippen LogP) is 3.47. The Morgan fingerprint density at radius 2 is 2.17 bits per heavy atom. The Morgan fingerprint density at radius 3 is 2.83 bits per heavy atom. The van der Waals surface area contributed by atoms with Crippen molar-refractivity contribution in [3.05, 3.63) is 51.5 Å². The largest absolute Gasteiger partial charge is 0.485 e. The Balaban J connectivity index is 2.07. The van der Waals surface area contributed by atoms with Gasteiger partial charge in [0.25, 0.3) is 0 Å². The summed E-state index contributed by atoms with van der Waals surface area (Å²) in [4.78, 5) is 11.7. The van der Waals surface area contributed by atoms with Crippen LogP contribution < -0.4 is 4.74 Å². The summed E-state index contributed by atoms with van der Waals surface area (Å²) in [5, 5.41) is 8.77. The number of ether oxygens (including phenoxy) is 1. The van der Waals surface area contributed by atoms with Gasteiger partial charge in [0.15, 0.2) is 11.6 Å². The van der Waals surface area contributed by atoms with Gasteiger partial charge >= 0.3 is 5.97 Å². The second-order valence-corrected chi connectivity index (χ2v) is 4.92. The van der Waals surface area contributed by atoms with Crippen molar-refractivity contribution in [3.63, 3.8) is 0 Å². The maximum atomic E-state index is 13.6. The van der Waals surface area contributed by atoms with E-state index in [4.69, 9.17) is 9.84 Å². The van der Waals surface area contributed by atoms with Crippen molar-refractivity contribution in [1.82, 2.24) is 0 Å². The van der Waals surface area contributed by atoms with Crippen molar-refractivity contribution >= 4 is 17.3 Å². The topological polar surface area (TPSA) is 46.5 Å². The van der Waals surface area contributed by atoms with Crippen molar-refractivity contribution in [2.75, 3.05) is 0 Å². The lowest BCUT2D eigenvalue weighted by Gasteiger charge is -2.07. The smallest absolute Gasteiger partial charge is 0.345 e. The highest BCUT2D eigenvalue weighted by Crippen LogP contribution is 2.23. The number of carboxylic acid groups (broad SMARTS) is 1. The number of carbonyl (C=O) groups is 1. The Kier molecular flexibility index (Phi) is 3.62. The summed E-state index contributed by atoms with van der Waals surface area (Å²) < 4.78 is 19.0. The van der Waals surface area contributed by atoms with E-state index in [2.05, 4.69) is 0 Å². The Morgan fingerprint density at radius 1 is 1.39 bits per heavy atom. The maximum absolute atomic E-state index is 13.6. The van der Waals surface area contributed by atoms with Gasteiger partial charge in [-0.3, -0.25) is 0 Å². The number of thiophene rings is 1. The summed E-state index contributed by atoms with van der Waals surface area (Å²) in [6.07, 6.45) is 0. The van der Waals surface area contributed by atoms with Gasteiger partial charge in [-0.25, -0.2) is 9.18 Å². The molecule has 3 nitrogen and oxygen atoms in total. The highest BCUT2D eigenvalue weighted by Gasteiger charge is 2.09. The average Bonchev–Trinajstić information content (AvgIpc) is 2.80. The second-order valence-electron chi connectivity index (χ2n) is 3.75. The van der Waals surface area contributed by atoms with E-state index in [1.165, 1.54) is 6.07 Å². The third-order valence-corrected chi connectivity index (χ3v) is 3.45. The highest BCUT2D eigenvalue weighted by atomic mass is 32.1. The molecule has 0 fully saturated rings.